The first-order valence-electron chi connectivity index (χ1n) is 5.63. The molecule has 0 aromatic heterocycles. The fraction of sp³-hybridized carbons (Fsp3) is 0.462. The number of hydrogen-bond acceptors (Lipinski definition) is 3. The number of hydrazine groups is 1. The van der Waals surface area contributed by atoms with Crippen molar-refractivity contribution in [2.24, 2.45) is 0 Å². The fourth-order valence-corrected chi connectivity index (χ4v) is 1.66. The number of carbonyl (C=O) groups excluding carboxylic acids is 1. The smallest absolute Gasteiger partial charge is 0.234 e. The van der Waals surface area contributed by atoms with Crippen LogP contribution in [-0.4, -0.2) is 32.1 Å². The Morgan fingerprint density at radius 3 is 2.71 bits per heavy atom. The molecule has 17 heavy (non-hydrogen) atoms. The molecule has 1 N–H and O–H groups in total. The molecule has 0 bridgehead atoms. The molecule has 0 saturated carbocycles. The van der Waals surface area contributed by atoms with Gasteiger partial charge in [-0.1, -0.05) is 17.7 Å². The van der Waals surface area contributed by atoms with Crippen LogP contribution in [0.4, 0.5) is 0 Å². The quantitative estimate of drug-likeness (QED) is 0.788. The van der Waals surface area contributed by atoms with Gasteiger partial charge in [-0.05, 0) is 25.0 Å². The van der Waals surface area contributed by atoms with Crippen LogP contribution in [0.3, 0.4) is 0 Å². The molecule has 94 valence electrons. The second-order valence-corrected chi connectivity index (χ2v) is 4.24. The van der Waals surface area contributed by atoms with Crippen molar-refractivity contribution in [3.05, 3.63) is 29.3 Å². The topological polar surface area (TPSA) is 41.6 Å². The number of aryl methyl sites for hydroxylation is 2. The molecule has 4 nitrogen and oxygen atoms in total. The van der Waals surface area contributed by atoms with E-state index in [2.05, 4.69) is 11.5 Å². The third kappa shape index (κ3) is 4.44. The molecule has 1 amide bonds. The predicted octanol–water partition coefficient (Wildman–Crippen LogP) is 1.53. The lowest BCUT2D eigenvalue weighted by atomic mass is 10.1. The van der Waals surface area contributed by atoms with Crippen LogP contribution in [0.2, 0.25) is 0 Å². The molecule has 0 heterocycles. The summed E-state index contributed by atoms with van der Waals surface area (Å²) >= 11 is 0. The van der Waals surface area contributed by atoms with E-state index < -0.39 is 0 Å². The second-order valence-electron chi connectivity index (χ2n) is 4.24. The lowest BCUT2D eigenvalue weighted by molar-refractivity contribution is -0.124. The molecule has 0 unspecified atom stereocenters. The number of nitrogens with zero attached hydrogens (tertiary/aromatic N) is 1. The zero-order chi connectivity index (χ0) is 12.8. The van der Waals surface area contributed by atoms with E-state index in [-0.39, 0.29) is 5.91 Å². The predicted molar refractivity (Wildman–Crippen MR) is 67.9 cm³/mol. The summed E-state index contributed by atoms with van der Waals surface area (Å²) in [6.07, 6.45) is 1.14. The molecule has 1 aromatic carbocycles. The maximum atomic E-state index is 11.5. The van der Waals surface area contributed by atoms with Gasteiger partial charge in [0.2, 0.25) is 5.91 Å². The van der Waals surface area contributed by atoms with Crippen LogP contribution >= 0.6 is 0 Å². The van der Waals surface area contributed by atoms with Gasteiger partial charge in [-0.15, -0.1) is 0 Å². The first-order chi connectivity index (χ1) is 8.02. The van der Waals surface area contributed by atoms with Crippen LogP contribution in [0, 0.1) is 6.92 Å². The van der Waals surface area contributed by atoms with E-state index in [1.807, 2.05) is 19.1 Å². The molecule has 0 atom stereocenters. The maximum Gasteiger partial charge on any atom is 0.234 e. The lowest BCUT2D eigenvalue weighted by Crippen LogP contribution is -2.36. The monoisotopic (exact) mass is 236 g/mol. The minimum atomic E-state index is 0.0126. The molecule has 1 rings (SSSR count). The molecule has 1 aromatic rings. The van der Waals surface area contributed by atoms with Crippen molar-refractivity contribution in [3.63, 3.8) is 0 Å². The molecule has 0 aliphatic carbocycles. The van der Waals surface area contributed by atoms with Gasteiger partial charge in [0.1, 0.15) is 5.75 Å². The molecule has 0 saturated heterocycles. The van der Waals surface area contributed by atoms with Gasteiger partial charge in [0, 0.05) is 20.5 Å². The van der Waals surface area contributed by atoms with Gasteiger partial charge in [0.25, 0.3) is 0 Å². The first-order valence-corrected chi connectivity index (χ1v) is 5.63. The summed E-state index contributed by atoms with van der Waals surface area (Å²) in [6, 6.07) is 6.00. The molecule has 0 spiro atoms. The summed E-state index contributed by atoms with van der Waals surface area (Å²) in [5, 5.41) is 1.65. The van der Waals surface area contributed by atoms with E-state index >= 15 is 0 Å². The van der Waals surface area contributed by atoms with Crippen LogP contribution in [0.1, 0.15) is 17.5 Å². The number of nitrogens with one attached hydrogen (secondary N) is 1. The average Bonchev–Trinajstić information content (AvgIpc) is 2.25. The number of amides is 1. The standard InChI is InChI=1S/C13H20N2O2/c1-10-5-7-12(17-4)11(9-10)6-8-13(16)14-15(2)3/h5,7,9H,6,8H2,1-4H3,(H,14,16). The van der Waals surface area contributed by atoms with Crippen molar-refractivity contribution in [2.75, 3.05) is 21.2 Å². The van der Waals surface area contributed by atoms with Gasteiger partial charge < -0.3 is 4.74 Å². The highest BCUT2D eigenvalue weighted by molar-refractivity contribution is 5.75. The molecule has 0 radical (unpaired) electrons. The van der Waals surface area contributed by atoms with Crippen molar-refractivity contribution in [1.82, 2.24) is 10.4 Å². The number of ether oxygens (including phenoxy) is 1. The summed E-state index contributed by atoms with van der Waals surface area (Å²) in [7, 11) is 5.24. The van der Waals surface area contributed by atoms with E-state index in [4.69, 9.17) is 4.74 Å². The summed E-state index contributed by atoms with van der Waals surface area (Å²) in [4.78, 5) is 11.5. The largest absolute Gasteiger partial charge is 0.496 e. The highest BCUT2D eigenvalue weighted by atomic mass is 16.5. The average molecular weight is 236 g/mol. The van der Waals surface area contributed by atoms with E-state index in [1.165, 1.54) is 5.56 Å². The van der Waals surface area contributed by atoms with E-state index in [9.17, 15) is 4.79 Å². The van der Waals surface area contributed by atoms with Crippen LogP contribution in [0.5, 0.6) is 5.75 Å². The highest BCUT2D eigenvalue weighted by Gasteiger charge is 2.07. The summed E-state index contributed by atoms with van der Waals surface area (Å²) in [6.45, 7) is 2.03. The third-order valence-electron chi connectivity index (χ3n) is 2.41. The zero-order valence-electron chi connectivity index (χ0n) is 10.9. The van der Waals surface area contributed by atoms with Gasteiger partial charge in [-0.3, -0.25) is 10.2 Å². The van der Waals surface area contributed by atoms with Crippen LogP contribution < -0.4 is 10.2 Å². The molecule has 0 aliphatic rings. The maximum absolute atomic E-state index is 11.5. The normalized spacial score (nSPS) is 10.4. The summed E-state index contributed by atoms with van der Waals surface area (Å²) in [5.41, 5.74) is 4.96. The Hall–Kier alpha value is -1.55. The van der Waals surface area contributed by atoms with Crippen LogP contribution in [-0.2, 0) is 11.2 Å². The molecule has 0 aliphatic heterocycles. The molecule has 4 heteroatoms. The third-order valence-corrected chi connectivity index (χ3v) is 2.41. The molecular formula is C13H20N2O2. The minimum absolute atomic E-state index is 0.0126. The van der Waals surface area contributed by atoms with Crippen molar-refractivity contribution in [1.29, 1.82) is 0 Å². The SMILES string of the molecule is COc1ccc(C)cc1CCC(=O)NN(C)C. The van der Waals surface area contributed by atoms with Gasteiger partial charge in [-0.25, -0.2) is 5.01 Å². The minimum Gasteiger partial charge on any atom is -0.496 e. The van der Waals surface area contributed by atoms with Gasteiger partial charge in [-0.2, -0.15) is 0 Å². The second kappa shape index (κ2) is 6.25. The lowest BCUT2D eigenvalue weighted by Gasteiger charge is -2.13. The van der Waals surface area contributed by atoms with E-state index in [0.29, 0.717) is 12.8 Å². The van der Waals surface area contributed by atoms with Crippen molar-refractivity contribution < 1.29 is 9.53 Å². The van der Waals surface area contributed by atoms with Crippen LogP contribution in [0.25, 0.3) is 0 Å². The summed E-state index contributed by atoms with van der Waals surface area (Å²) in [5.74, 6) is 0.854. The van der Waals surface area contributed by atoms with Gasteiger partial charge in [0.05, 0.1) is 7.11 Å². The van der Waals surface area contributed by atoms with Gasteiger partial charge >= 0.3 is 0 Å². The highest BCUT2D eigenvalue weighted by Crippen LogP contribution is 2.20. The fourth-order valence-electron chi connectivity index (χ4n) is 1.66. The number of carbonyl (C=O) groups is 1. The Morgan fingerprint density at radius 2 is 2.12 bits per heavy atom. The zero-order valence-corrected chi connectivity index (χ0v) is 10.9. The summed E-state index contributed by atoms with van der Waals surface area (Å²) < 4.78 is 5.27. The molecule has 0 fully saturated rings. The van der Waals surface area contributed by atoms with Crippen LogP contribution in [0.15, 0.2) is 18.2 Å². The van der Waals surface area contributed by atoms with E-state index in [0.717, 1.165) is 11.3 Å². The first kappa shape index (κ1) is 13.5. The molecular weight excluding hydrogens is 216 g/mol. The Kier molecular flexibility index (Phi) is 4.97. The number of methoxy groups -OCH3 is 1. The Morgan fingerprint density at radius 1 is 1.41 bits per heavy atom. The number of benzene rings is 1. The number of rotatable bonds is 5. The van der Waals surface area contributed by atoms with Crippen molar-refractivity contribution in [3.8, 4) is 5.75 Å². The Bertz CT molecular complexity index is 389. The van der Waals surface area contributed by atoms with Gasteiger partial charge in [0.15, 0.2) is 0 Å². The Labute approximate surface area is 103 Å². The number of hydrogen-bond donors (Lipinski definition) is 1. The van der Waals surface area contributed by atoms with E-state index in [1.54, 1.807) is 26.2 Å². The Balaban J connectivity index is 2.62. The van der Waals surface area contributed by atoms with Crippen molar-refractivity contribution >= 4 is 5.91 Å². The van der Waals surface area contributed by atoms with Crippen molar-refractivity contribution in [2.45, 2.75) is 19.8 Å².